The molecule has 0 spiro atoms. The fraction of sp³-hybridized carbons (Fsp3) is 0.538. The third-order valence-electron chi connectivity index (χ3n) is 3.09. The maximum atomic E-state index is 12.0. The minimum Gasteiger partial charge on any atom is -0.406 e. The molecule has 5 heteroatoms. The largest absolute Gasteiger partial charge is 0.573 e. The Kier molecular flexibility index (Phi) is 3.68. The number of alkyl halides is 3. The number of rotatable bonds is 2. The van der Waals surface area contributed by atoms with Crippen molar-refractivity contribution < 1.29 is 17.9 Å². The second-order valence-corrected chi connectivity index (χ2v) is 4.74. The van der Waals surface area contributed by atoms with Crippen LogP contribution in [0, 0.1) is 5.92 Å². The van der Waals surface area contributed by atoms with Gasteiger partial charge in [-0.2, -0.15) is 0 Å². The molecule has 1 aromatic rings. The summed E-state index contributed by atoms with van der Waals surface area (Å²) < 4.78 is 39.9. The van der Waals surface area contributed by atoms with Crippen LogP contribution in [-0.4, -0.2) is 19.5 Å². The molecule has 1 aliphatic rings. The first-order valence-corrected chi connectivity index (χ1v) is 6.05. The molecule has 0 amide bonds. The molecule has 0 radical (unpaired) electrons. The van der Waals surface area contributed by atoms with Gasteiger partial charge < -0.3 is 9.64 Å². The quantitative estimate of drug-likeness (QED) is 0.800. The zero-order valence-corrected chi connectivity index (χ0v) is 10.2. The van der Waals surface area contributed by atoms with E-state index in [1.807, 2.05) is 0 Å². The Morgan fingerprint density at radius 2 is 1.89 bits per heavy atom. The van der Waals surface area contributed by atoms with Gasteiger partial charge in [-0.25, -0.2) is 0 Å². The fourth-order valence-corrected chi connectivity index (χ4v) is 2.28. The smallest absolute Gasteiger partial charge is 0.406 e. The van der Waals surface area contributed by atoms with E-state index in [-0.39, 0.29) is 5.75 Å². The second-order valence-electron chi connectivity index (χ2n) is 4.74. The van der Waals surface area contributed by atoms with Crippen LogP contribution < -0.4 is 9.64 Å². The number of hydrogen-bond acceptors (Lipinski definition) is 2. The Morgan fingerprint density at radius 1 is 1.22 bits per heavy atom. The number of benzene rings is 1. The highest BCUT2D eigenvalue weighted by Gasteiger charge is 2.31. The molecule has 1 heterocycles. The van der Waals surface area contributed by atoms with Crippen LogP contribution in [0.25, 0.3) is 0 Å². The molecule has 1 unspecified atom stereocenters. The lowest BCUT2D eigenvalue weighted by molar-refractivity contribution is -0.274. The van der Waals surface area contributed by atoms with Crippen LogP contribution in [-0.2, 0) is 0 Å². The number of hydrogen-bond donors (Lipinski definition) is 0. The summed E-state index contributed by atoms with van der Waals surface area (Å²) in [5.74, 6) is 0.459. The normalized spacial score (nSPS) is 20.9. The lowest BCUT2D eigenvalue weighted by Crippen LogP contribution is -2.34. The predicted octanol–water partition coefficient (Wildman–Crippen LogP) is 3.82. The average molecular weight is 259 g/mol. The van der Waals surface area contributed by atoms with E-state index < -0.39 is 6.36 Å². The summed E-state index contributed by atoms with van der Waals surface area (Å²) in [5.41, 5.74) is 0.955. The molecule has 1 saturated heterocycles. The minimum absolute atomic E-state index is 0.170. The van der Waals surface area contributed by atoms with Crippen LogP contribution in [0.4, 0.5) is 18.9 Å². The molecule has 0 aromatic heterocycles. The van der Waals surface area contributed by atoms with E-state index in [1.54, 1.807) is 12.1 Å². The molecule has 0 saturated carbocycles. The topological polar surface area (TPSA) is 12.5 Å². The van der Waals surface area contributed by atoms with E-state index in [9.17, 15) is 13.2 Å². The van der Waals surface area contributed by atoms with Gasteiger partial charge in [0, 0.05) is 18.8 Å². The molecular weight excluding hydrogens is 243 g/mol. The lowest BCUT2D eigenvalue weighted by Gasteiger charge is -2.32. The molecule has 18 heavy (non-hydrogen) atoms. The third kappa shape index (κ3) is 3.55. The summed E-state index contributed by atoms with van der Waals surface area (Å²) >= 11 is 0. The zero-order valence-electron chi connectivity index (χ0n) is 10.2. The fourth-order valence-electron chi connectivity index (χ4n) is 2.28. The number of anilines is 1. The van der Waals surface area contributed by atoms with E-state index in [4.69, 9.17) is 0 Å². The number of piperidine rings is 1. The van der Waals surface area contributed by atoms with Crippen LogP contribution in [0.2, 0.25) is 0 Å². The van der Waals surface area contributed by atoms with Gasteiger partial charge in [0.15, 0.2) is 0 Å². The summed E-state index contributed by atoms with van der Waals surface area (Å²) in [6.07, 6.45) is -2.28. The van der Waals surface area contributed by atoms with Gasteiger partial charge in [-0.05, 0) is 43.0 Å². The molecule has 100 valence electrons. The van der Waals surface area contributed by atoms with Crippen molar-refractivity contribution >= 4 is 5.69 Å². The highest BCUT2D eigenvalue weighted by atomic mass is 19.4. The third-order valence-corrected chi connectivity index (χ3v) is 3.09. The van der Waals surface area contributed by atoms with Crippen LogP contribution in [0.5, 0.6) is 5.75 Å². The van der Waals surface area contributed by atoms with Crippen molar-refractivity contribution in [3.8, 4) is 5.75 Å². The molecule has 1 aliphatic heterocycles. The highest BCUT2D eigenvalue weighted by molar-refractivity contribution is 5.49. The highest BCUT2D eigenvalue weighted by Crippen LogP contribution is 2.27. The predicted molar refractivity (Wildman–Crippen MR) is 63.7 cm³/mol. The molecule has 0 aliphatic carbocycles. The van der Waals surface area contributed by atoms with Crippen LogP contribution in [0.1, 0.15) is 19.8 Å². The Labute approximate surface area is 104 Å². The summed E-state index contributed by atoms with van der Waals surface area (Å²) in [6, 6.07) is 6.09. The van der Waals surface area contributed by atoms with Gasteiger partial charge in [0.05, 0.1) is 0 Å². The van der Waals surface area contributed by atoms with Crippen molar-refractivity contribution in [3.05, 3.63) is 24.3 Å². The van der Waals surface area contributed by atoms with Gasteiger partial charge >= 0.3 is 6.36 Å². The number of nitrogens with zero attached hydrogens (tertiary/aromatic N) is 1. The van der Waals surface area contributed by atoms with Gasteiger partial charge in [-0.15, -0.1) is 13.2 Å². The SMILES string of the molecule is CC1CCCN(c2ccc(OC(F)(F)F)cc2)C1. The minimum atomic E-state index is -4.62. The Morgan fingerprint density at radius 3 is 2.44 bits per heavy atom. The van der Waals surface area contributed by atoms with Gasteiger partial charge in [0.25, 0.3) is 0 Å². The first-order valence-electron chi connectivity index (χ1n) is 6.05. The van der Waals surface area contributed by atoms with E-state index in [0.29, 0.717) is 5.92 Å². The molecule has 2 nitrogen and oxygen atoms in total. The van der Waals surface area contributed by atoms with Crippen LogP contribution in [0.15, 0.2) is 24.3 Å². The second kappa shape index (κ2) is 5.08. The van der Waals surface area contributed by atoms with Crippen molar-refractivity contribution in [1.29, 1.82) is 0 Å². The molecule has 1 fully saturated rings. The van der Waals surface area contributed by atoms with E-state index >= 15 is 0 Å². The van der Waals surface area contributed by atoms with E-state index in [0.717, 1.165) is 25.2 Å². The average Bonchev–Trinajstić information content (AvgIpc) is 2.28. The van der Waals surface area contributed by atoms with Crippen molar-refractivity contribution in [2.24, 2.45) is 5.92 Å². The van der Waals surface area contributed by atoms with Crippen molar-refractivity contribution in [1.82, 2.24) is 0 Å². The van der Waals surface area contributed by atoms with Gasteiger partial charge in [0.1, 0.15) is 5.75 Å². The maximum absolute atomic E-state index is 12.0. The molecule has 0 N–H and O–H groups in total. The van der Waals surface area contributed by atoms with Crippen molar-refractivity contribution in [2.75, 3.05) is 18.0 Å². The molecule has 0 bridgehead atoms. The molecule has 1 aromatic carbocycles. The standard InChI is InChI=1S/C13H16F3NO/c1-10-3-2-8-17(9-10)11-4-6-12(7-5-11)18-13(14,15)16/h4-7,10H,2-3,8-9H2,1H3. The van der Waals surface area contributed by atoms with Crippen molar-refractivity contribution in [2.45, 2.75) is 26.1 Å². The maximum Gasteiger partial charge on any atom is 0.573 e. The summed E-state index contributed by atoms with van der Waals surface area (Å²) in [5, 5.41) is 0. The monoisotopic (exact) mass is 259 g/mol. The molecule has 2 rings (SSSR count). The van der Waals surface area contributed by atoms with Crippen LogP contribution >= 0.6 is 0 Å². The van der Waals surface area contributed by atoms with Crippen LogP contribution in [0.3, 0.4) is 0 Å². The lowest BCUT2D eigenvalue weighted by atomic mass is 10.00. The van der Waals surface area contributed by atoms with Gasteiger partial charge in [0.2, 0.25) is 0 Å². The summed E-state index contributed by atoms with van der Waals surface area (Å²) in [7, 11) is 0. The van der Waals surface area contributed by atoms with E-state index in [2.05, 4.69) is 16.6 Å². The Hall–Kier alpha value is -1.39. The Balaban J connectivity index is 2.03. The first kappa shape index (κ1) is 13.1. The van der Waals surface area contributed by atoms with Gasteiger partial charge in [-0.1, -0.05) is 6.92 Å². The van der Waals surface area contributed by atoms with Crippen molar-refractivity contribution in [3.63, 3.8) is 0 Å². The molecular formula is C13H16F3NO. The number of halogens is 3. The van der Waals surface area contributed by atoms with Gasteiger partial charge in [-0.3, -0.25) is 0 Å². The summed E-state index contributed by atoms with van der Waals surface area (Å²) in [4.78, 5) is 2.20. The first-order chi connectivity index (χ1) is 8.44. The number of ether oxygens (including phenoxy) is 1. The van der Waals surface area contributed by atoms with E-state index in [1.165, 1.54) is 18.6 Å². The molecule has 1 atom stereocenters. The Bertz CT molecular complexity index is 388. The zero-order chi connectivity index (χ0) is 13.2. The summed E-state index contributed by atoms with van der Waals surface area (Å²) in [6.45, 7) is 4.11.